The number of hydrogen-bond acceptors (Lipinski definition) is 5. The number of ether oxygens (including phenoxy) is 3. The first kappa shape index (κ1) is 19.8. The molecule has 0 N–H and O–H groups in total. The fourth-order valence-corrected chi connectivity index (χ4v) is 3.63. The van der Waals surface area contributed by atoms with Crippen molar-refractivity contribution in [3.05, 3.63) is 71.5 Å². The zero-order valence-corrected chi connectivity index (χ0v) is 17.5. The first-order chi connectivity index (χ1) is 14.4. The van der Waals surface area contributed by atoms with E-state index >= 15 is 0 Å². The summed E-state index contributed by atoms with van der Waals surface area (Å²) in [5.41, 5.74) is 2.53. The van der Waals surface area contributed by atoms with Crippen molar-refractivity contribution < 1.29 is 19.0 Å². The second-order valence-electron chi connectivity index (χ2n) is 7.78. The molecule has 4 rings (SSSR count). The smallest absolute Gasteiger partial charge is 0.211 e. The predicted molar refractivity (Wildman–Crippen MR) is 115 cm³/mol. The number of methoxy groups -OCH3 is 2. The first-order valence-corrected chi connectivity index (χ1v) is 9.70. The van der Waals surface area contributed by atoms with Crippen LogP contribution in [0.3, 0.4) is 0 Å². The number of carbonyl (C=O) groups is 1. The third-order valence-electron chi connectivity index (χ3n) is 5.04. The number of hydrogen-bond donors (Lipinski definition) is 0. The Bertz CT molecular complexity index is 1110. The summed E-state index contributed by atoms with van der Waals surface area (Å²) in [4.78, 5) is 13.5. The molecule has 0 atom stereocenters. The molecular weight excluding hydrogens is 380 g/mol. The van der Waals surface area contributed by atoms with E-state index in [4.69, 9.17) is 14.2 Å². The fraction of sp³-hybridized carbons (Fsp3) is 0.250. The van der Waals surface area contributed by atoms with Crippen molar-refractivity contribution in [2.24, 2.45) is 0 Å². The molecule has 0 aliphatic carbocycles. The van der Waals surface area contributed by atoms with Gasteiger partial charge in [-0.1, -0.05) is 0 Å². The number of Topliss-reactive ketones (excluding diaryl/α,β-unsaturated/α-hetero) is 1. The summed E-state index contributed by atoms with van der Waals surface area (Å²) in [6, 6.07) is 12.8. The van der Waals surface area contributed by atoms with Crippen LogP contribution in [-0.2, 0) is 6.42 Å². The molecule has 0 radical (unpaired) electrons. The maximum absolute atomic E-state index is 13.5. The molecule has 0 fully saturated rings. The molecule has 0 spiro atoms. The van der Waals surface area contributed by atoms with Crippen LogP contribution in [0.15, 0.2) is 54.9 Å². The molecule has 2 heterocycles. The maximum Gasteiger partial charge on any atom is 0.211 e. The Hall–Kier alpha value is -3.54. The molecule has 0 saturated heterocycles. The van der Waals surface area contributed by atoms with Gasteiger partial charge in [-0.3, -0.25) is 4.79 Å². The Morgan fingerprint density at radius 1 is 1.17 bits per heavy atom. The van der Waals surface area contributed by atoms with Crippen LogP contribution in [0.1, 0.15) is 35.3 Å². The van der Waals surface area contributed by atoms with Crippen molar-refractivity contribution in [2.45, 2.75) is 25.9 Å². The van der Waals surface area contributed by atoms with Crippen molar-refractivity contribution in [3.8, 4) is 17.2 Å². The SMILES string of the molecule is COc1ccc(C=C(C(=O)c2ccc3c(c2)CC(C)(C)O3)n2cccn2)c(OC)c1. The molecule has 1 aliphatic heterocycles. The molecule has 154 valence electrons. The van der Waals surface area contributed by atoms with E-state index in [0.717, 1.165) is 23.3 Å². The van der Waals surface area contributed by atoms with Gasteiger partial charge in [0.15, 0.2) is 0 Å². The number of fused-ring (bicyclic) bond motifs is 1. The molecule has 0 saturated carbocycles. The van der Waals surface area contributed by atoms with Crippen molar-refractivity contribution >= 4 is 17.6 Å². The van der Waals surface area contributed by atoms with Crippen molar-refractivity contribution in [3.63, 3.8) is 0 Å². The van der Waals surface area contributed by atoms with Gasteiger partial charge in [-0.2, -0.15) is 5.10 Å². The number of ketones is 1. The number of allylic oxidation sites excluding steroid dienone is 1. The van der Waals surface area contributed by atoms with Gasteiger partial charge in [-0.05, 0) is 61.9 Å². The normalized spacial score (nSPS) is 14.7. The second-order valence-corrected chi connectivity index (χ2v) is 7.78. The van der Waals surface area contributed by atoms with Crippen LogP contribution < -0.4 is 14.2 Å². The van der Waals surface area contributed by atoms with Gasteiger partial charge in [0, 0.05) is 36.0 Å². The van der Waals surface area contributed by atoms with Crippen LogP contribution in [0, 0.1) is 0 Å². The fourth-order valence-electron chi connectivity index (χ4n) is 3.63. The largest absolute Gasteiger partial charge is 0.497 e. The summed E-state index contributed by atoms with van der Waals surface area (Å²) in [5, 5.41) is 4.28. The van der Waals surface area contributed by atoms with E-state index in [-0.39, 0.29) is 11.4 Å². The predicted octanol–water partition coefficient (Wildman–Crippen LogP) is 4.49. The Kier molecular flexibility index (Phi) is 5.08. The van der Waals surface area contributed by atoms with Crippen LogP contribution in [0.5, 0.6) is 17.2 Å². The van der Waals surface area contributed by atoms with Crippen LogP contribution in [0.25, 0.3) is 11.8 Å². The lowest BCUT2D eigenvalue weighted by Gasteiger charge is -2.16. The molecule has 1 aromatic heterocycles. The van der Waals surface area contributed by atoms with Crippen LogP contribution in [0.4, 0.5) is 0 Å². The van der Waals surface area contributed by atoms with Crippen molar-refractivity contribution in [1.29, 1.82) is 0 Å². The summed E-state index contributed by atoms with van der Waals surface area (Å²) in [6.07, 6.45) is 5.93. The third kappa shape index (κ3) is 3.81. The summed E-state index contributed by atoms with van der Waals surface area (Å²) in [5.74, 6) is 1.98. The van der Waals surface area contributed by atoms with Gasteiger partial charge < -0.3 is 14.2 Å². The zero-order chi connectivity index (χ0) is 21.3. The molecular formula is C24H24N2O4. The van der Waals surface area contributed by atoms with E-state index < -0.39 is 0 Å². The number of aromatic nitrogens is 2. The topological polar surface area (TPSA) is 62.6 Å². The number of benzene rings is 2. The highest BCUT2D eigenvalue weighted by atomic mass is 16.5. The molecule has 0 amide bonds. The summed E-state index contributed by atoms with van der Waals surface area (Å²) < 4.78 is 18.3. The average Bonchev–Trinajstić information content (AvgIpc) is 3.37. The summed E-state index contributed by atoms with van der Waals surface area (Å²) >= 11 is 0. The van der Waals surface area contributed by atoms with Gasteiger partial charge in [-0.15, -0.1) is 0 Å². The molecule has 30 heavy (non-hydrogen) atoms. The second kappa shape index (κ2) is 7.71. The highest BCUT2D eigenvalue weighted by Gasteiger charge is 2.30. The molecule has 0 bridgehead atoms. The molecule has 6 heteroatoms. The van der Waals surface area contributed by atoms with Gasteiger partial charge in [-0.25, -0.2) is 4.68 Å². The number of nitrogens with zero attached hydrogens (tertiary/aromatic N) is 2. The van der Waals surface area contributed by atoms with Gasteiger partial charge in [0.1, 0.15) is 28.5 Å². The highest BCUT2D eigenvalue weighted by molar-refractivity contribution is 6.28. The van der Waals surface area contributed by atoms with E-state index in [1.165, 1.54) is 0 Å². The quantitative estimate of drug-likeness (QED) is 0.447. The van der Waals surface area contributed by atoms with Gasteiger partial charge >= 0.3 is 0 Å². The third-order valence-corrected chi connectivity index (χ3v) is 5.04. The van der Waals surface area contributed by atoms with E-state index in [0.29, 0.717) is 22.8 Å². The zero-order valence-electron chi connectivity index (χ0n) is 17.5. The molecule has 6 nitrogen and oxygen atoms in total. The van der Waals surface area contributed by atoms with Gasteiger partial charge in [0.2, 0.25) is 5.78 Å². The Morgan fingerprint density at radius 3 is 2.70 bits per heavy atom. The van der Waals surface area contributed by atoms with E-state index in [1.807, 2.05) is 38.1 Å². The number of carbonyl (C=O) groups excluding carboxylic acids is 1. The monoisotopic (exact) mass is 404 g/mol. The molecule has 2 aromatic carbocycles. The Balaban J connectivity index is 1.77. The van der Waals surface area contributed by atoms with Crippen LogP contribution >= 0.6 is 0 Å². The van der Waals surface area contributed by atoms with Crippen LogP contribution in [-0.4, -0.2) is 35.4 Å². The van der Waals surface area contributed by atoms with Crippen molar-refractivity contribution in [2.75, 3.05) is 14.2 Å². The molecule has 1 aliphatic rings. The summed E-state index contributed by atoms with van der Waals surface area (Å²) in [7, 11) is 3.19. The molecule has 0 unspecified atom stereocenters. The minimum absolute atomic E-state index is 0.135. The van der Waals surface area contributed by atoms with Gasteiger partial charge in [0.25, 0.3) is 0 Å². The minimum atomic E-state index is -0.263. The maximum atomic E-state index is 13.5. The Labute approximate surface area is 175 Å². The lowest BCUT2D eigenvalue weighted by Crippen LogP contribution is -2.24. The standard InChI is InChI=1S/C24H24N2O4/c1-24(2)15-18-12-17(7-9-21(18)30-24)23(27)20(26-11-5-10-25-26)13-16-6-8-19(28-3)14-22(16)29-4/h5-14H,15H2,1-4H3. The first-order valence-electron chi connectivity index (χ1n) is 9.70. The summed E-state index contributed by atoms with van der Waals surface area (Å²) in [6.45, 7) is 4.08. The van der Waals surface area contributed by atoms with E-state index in [1.54, 1.807) is 55.6 Å². The van der Waals surface area contributed by atoms with Gasteiger partial charge in [0.05, 0.1) is 14.2 Å². The lowest BCUT2D eigenvalue weighted by atomic mass is 9.98. The highest BCUT2D eigenvalue weighted by Crippen LogP contribution is 2.36. The van der Waals surface area contributed by atoms with Crippen LogP contribution in [0.2, 0.25) is 0 Å². The minimum Gasteiger partial charge on any atom is -0.497 e. The lowest BCUT2D eigenvalue weighted by molar-refractivity contribution is 0.105. The average molecular weight is 404 g/mol. The molecule has 3 aromatic rings. The van der Waals surface area contributed by atoms with E-state index in [2.05, 4.69) is 5.10 Å². The number of rotatable bonds is 6. The Morgan fingerprint density at radius 2 is 2.00 bits per heavy atom. The van der Waals surface area contributed by atoms with Crippen molar-refractivity contribution in [1.82, 2.24) is 9.78 Å². The van der Waals surface area contributed by atoms with E-state index in [9.17, 15) is 4.79 Å².